The Morgan fingerprint density at radius 1 is 1.31 bits per heavy atom. The van der Waals surface area contributed by atoms with Crippen molar-refractivity contribution >= 4 is 5.97 Å². The average Bonchev–Trinajstić information content (AvgIpc) is 2.02. The molecule has 0 aromatic carbocycles. The van der Waals surface area contributed by atoms with Crippen molar-refractivity contribution in [1.29, 1.82) is 0 Å². The van der Waals surface area contributed by atoms with Crippen LogP contribution in [0.25, 0.3) is 0 Å². The van der Waals surface area contributed by atoms with E-state index in [1.165, 1.54) is 0 Å². The van der Waals surface area contributed by atoms with Crippen LogP contribution >= 0.6 is 0 Å². The molecule has 0 aromatic rings. The molecule has 13 heavy (non-hydrogen) atoms. The van der Waals surface area contributed by atoms with Gasteiger partial charge in [0.25, 0.3) is 0 Å². The van der Waals surface area contributed by atoms with Gasteiger partial charge in [-0.1, -0.05) is 20.8 Å². The first kappa shape index (κ1) is 12.4. The lowest BCUT2D eigenvalue weighted by molar-refractivity contribution is -0.150. The zero-order valence-corrected chi connectivity index (χ0v) is 9.26. The quantitative estimate of drug-likeness (QED) is 0.666. The van der Waals surface area contributed by atoms with E-state index in [2.05, 4.69) is 5.32 Å². The summed E-state index contributed by atoms with van der Waals surface area (Å²) in [6, 6.07) is 0.0912. The molecule has 0 spiro atoms. The third-order valence-corrected chi connectivity index (χ3v) is 1.83. The number of nitrogens with one attached hydrogen (secondary N) is 1. The molecule has 0 fully saturated rings. The number of rotatable bonds is 5. The lowest BCUT2D eigenvalue weighted by atomic mass is 10.2. The summed E-state index contributed by atoms with van der Waals surface area (Å²) in [5.41, 5.74) is 0. The fraction of sp³-hybridized carbons (Fsp3) is 0.900. The maximum atomic E-state index is 11.4. The maximum Gasteiger partial charge on any atom is 0.323 e. The molecule has 3 heteroatoms. The molecule has 0 aromatic heterocycles. The van der Waals surface area contributed by atoms with Crippen LogP contribution in [-0.2, 0) is 9.53 Å². The second-order valence-corrected chi connectivity index (χ2v) is 3.70. The minimum Gasteiger partial charge on any atom is -0.462 e. The molecular weight excluding hydrogens is 166 g/mol. The van der Waals surface area contributed by atoms with Crippen LogP contribution in [0, 0.1) is 0 Å². The van der Waals surface area contributed by atoms with Gasteiger partial charge in [0.15, 0.2) is 0 Å². The highest BCUT2D eigenvalue weighted by atomic mass is 16.5. The lowest BCUT2D eigenvalue weighted by Gasteiger charge is -2.18. The highest BCUT2D eigenvalue weighted by Gasteiger charge is 2.16. The van der Waals surface area contributed by atoms with Gasteiger partial charge in [0.05, 0.1) is 6.10 Å². The van der Waals surface area contributed by atoms with Crippen LogP contribution in [0.4, 0.5) is 0 Å². The fourth-order valence-electron chi connectivity index (χ4n) is 0.952. The molecule has 0 aliphatic carbocycles. The minimum absolute atomic E-state index is 0.0175. The first-order chi connectivity index (χ1) is 5.97. The van der Waals surface area contributed by atoms with E-state index >= 15 is 0 Å². The van der Waals surface area contributed by atoms with Crippen LogP contribution in [0.3, 0.4) is 0 Å². The number of hydrogen-bond donors (Lipinski definition) is 1. The molecule has 0 saturated heterocycles. The average molecular weight is 187 g/mol. The summed E-state index contributed by atoms with van der Waals surface area (Å²) in [6.07, 6.45) is 0.879. The topological polar surface area (TPSA) is 38.3 Å². The van der Waals surface area contributed by atoms with E-state index in [0.29, 0.717) is 6.04 Å². The second kappa shape index (κ2) is 5.97. The number of carbonyl (C=O) groups excluding carboxylic acids is 1. The Kier molecular flexibility index (Phi) is 5.71. The molecule has 0 amide bonds. The van der Waals surface area contributed by atoms with Crippen molar-refractivity contribution in [3.63, 3.8) is 0 Å². The van der Waals surface area contributed by atoms with Gasteiger partial charge in [-0.05, 0) is 20.3 Å². The van der Waals surface area contributed by atoms with Crippen molar-refractivity contribution in [3.05, 3.63) is 0 Å². The lowest BCUT2D eigenvalue weighted by Crippen LogP contribution is -2.40. The van der Waals surface area contributed by atoms with Crippen LogP contribution in [0.15, 0.2) is 0 Å². The molecule has 3 nitrogen and oxygen atoms in total. The van der Waals surface area contributed by atoms with Crippen LogP contribution in [0.2, 0.25) is 0 Å². The number of hydrogen-bond acceptors (Lipinski definition) is 3. The second-order valence-electron chi connectivity index (χ2n) is 3.70. The zero-order chi connectivity index (χ0) is 10.4. The van der Waals surface area contributed by atoms with Gasteiger partial charge < -0.3 is 10.1 Å². The Balaban J connectivity index is 3.82. The molecule has 2 unspecified atom stereocenters. The Hall–Kier alpha value is -0.570. The maximum absolute atomic E-state index is 11.4. The molecule has 0 saturated carbocycles. The van der Waals surface area contributed by atoms with Gasteiger partial charge in [-0.3, -0.25) is 4.79 Å². The molecule has 0 radical (unpaired) electrons. The zero-order valence-electron chi connectivity index (χ0n) is 9.26. The van der Waals surface area contributed by atoms with E-state index in [-0.39, 0.29) is 18.1 Å². The predicted octanol–water partition coefficient (Wildman–Crippen LogP) is 1.71. The molecular formula is C10H21NO2. The van der Waals surface area contributed by atoms with Gasteiger partial charge in [-0.15, -0.1) is 0 Å². The Morgan fingerprint density at radius 2 is 1.85 bits per heavy atom. The molecule has 0 heterocycles. The molecule has 0 aliphatic rings. The van der Waals surface area contributed by atoms with Crippen LogP contribution in [0.5, 0.6) is 0 Å². The Morgan fingerprint density at radius 3 is 2.23 bits per heavy atom. The number of ether oxygens (including phenoxy) is 1. The first-order valence-electron chi connectivity index (χ1n) is 4.93. The van der Waals surface area contributed by atoms with E-state index in [0.717, 1.165) is 6.42 Å². The SMILES string of the molecule is CCC(C)OC(=O)C(C)NC(C)C. The normalized spacial score (nSPS) is 15.5. The smallest absolute Gasteiger partial charge is 0.323 e. The summed E-state index contributed by atoms with van der Waals surface area (Å²) >= 11 is 0. The third-order valence-electron chi connectivity index (χ3n) is 1.83. The molecule has 0 rings (SSSR count). The predicted molar refractivity (Wildman–Crippen MR) is 53.6 cm³/mol. The number of carbonyl (C=O) groups is 1. The van der Waals surface area contributed by atoms with Crippen molar-refractivity contribution in [3.8, 4) is 0 Å². The van der Waals surface area contributed by atoms with Crippen molar-refractivity contribution in [2.75, 3.05) is 0 Å². The molecule has 2 atom stereocenters. The summed E-state index contributed by atoms with van der Waals surface area (Å²) < 4.78 is 5.16. The molecule has 0 bridgehead atoms. The Bertz CT molecular complexity index is 157. The van der Waals surface area contributed by atoms with Crippen LogP contribution in [0.1, 0.15) is 41.0 Å². The van der Waals surface area contributed by atoms with Gasteiger partial charge in [0.1, 0.15) is 6.04 Å². The molecule has 1 N–H and O–H groups in total. The van der Waals surface area contributed by atoms with Crippen LogP contribution < -0.4 is 5.32 Å². The highest BCUT2D eigenvalue weighted by molar-refractivity contribution is 5.75. The fourth-order valence-corrected chi connectivity index (χ4v) is 0.952. The summed E-state index contributed by atoms with van der Waals surface area (Å²) in [7, 11) is 0. The monoisotopic (exact) mass is 187 g/mol. The summed E-state index contributed by atoms with van der Waals surface area (Å²) in [4.78, 5) is 11.4. The highest BCUT2D eigenvalue weighted by Crippen LogP contribution is 1.99. The van der Waals surface area contributed by atoms with Gasteiger partial charge in [-0.2, -0.15) is 0 Å². The van der Waals surface area contributed by atoms with Crippen molar-refractivity contribution in [2.24, 2.45) is 0 Å². The molecule has 0 aliphatic heterocycles. The third kappa shape index (κ3) is 5.64. The first-order valence-corrected chi connectivity index (χ1v) is 4.93. The summed E-state index contributed by atoms with van der Waals surface area (Å²) in [5.74, 6) is -0.164. The Labute approximate surface area is 80.8 Å². The standard InChI is InChI=1S/C10H21NO2/c1-6-8(4)13-10(12)9(5)11-7(2)3/h7-9,11H,6H2,1-5H3. The van der Waals surface area contributed by atoms with Gasteiger partial charge in [-0.25, -0.2) is 0 Å². The molecule has 78 valence electrons. The summed E-state index contributed by atoms with van der Waals surface area (Å²) in [6.45, 7) is 9.74. The minimum atomic E-state index is -0.214. The van der Waals surface area contributed by atoms with Gasteiger partial charge in [0.2, 0.25) is 0 Å². The van der Waals surface area contributed by atoms with Crippen molar-refractivity contribution in [1.82, 2.24) is 5.32 Å². The summed E-state index contributed by atoms with van der Waals surface area (Å²) in [5, 5.41) is 3.10. The van der Waals surface area contributed by atoms with Crippen molar-refractivity contribution < 1.29 is 9.53 Å². The van der Waals surface area contributed by atoms with E-state index in [4.69, 9.17) is 4.74 Å². The van der Waals surface area contributed by atoms with Crippen molar-refractivity contribution in [2.45, 2.75) is 59.2 Å². The van der Waals surface area contributed by atoms with Gasteiger partial charge in [0, 0.05) is 6.04 Å². The van der Waals surface area contributed by atoms with E-state index in [1.54, 1.807) is 0 Å². The van der Waals surface area contributed by atoms with Gasteiger partial charge >= 0.3 is 5.97 Å². The van der Waals surface area contributed by atoms with E-state index in [9.17, 15) is 4.79 Å². The number of esters is 1. The largest absolute Gasteiger partial charge is 0.462 e. The van der Waals surface area contributed by atoms with E-state index < -0.39 is 0 Å². The van der Waals surface area contributed by atoms with Crippen LogP contribution in [-0.4, -0.2) is 24.2 Å². The van der Waals surface area contributed by atoms with E-state index in [1.807, 2.05) is 34.6 Å².